The fraction of sp³-hybridized carbons (Fsp3) is 0.316. The van der Waals surface area contributed by atoms with Gasteiger partial charge in [-0.2, -0.15) is 0 Å². The SMILES string of the molecule is CCCC(CCC(=O)O)Oc1ccccc1-c1ccccc1. The molecule has 116 valence electrons. The average Bonchev–Trinajstić information content (AvgIpc) is 2.54. The highest BCUT2D eigenvalue weighted by Gasteiger charge is 2.14. The quantitative estimate of drug-likeness (QED) is 0.764. The van der Waals surface area contributed by atoms with Crippen molar-refractivity contribution in [3.8, 4) is 16.9 Å². The monoisotopic (exact) mass is 298 g/mol. The Morgan fingerprint density at radius 2 is 1.73 bits per heavy atom. The Morgan fingerprint density at radius 3 is 2.41 bits per heavy atom. The van der Waals surface area contributed by atoms with E-state index in [4.69, 9.17) is 9.84 Å². The number of aliphatic carboxylic acids is 1. The molecule has 0 fully saturated rings. The van der Waals surface area contributed by atoms with Crippen LogP contribution in [0.1, 0.15) is 32.6 Å². The zero-order valence-electron chi connectivity index (χ0n) is 12.9. The van der Waals surface area contributed by atoms with E-state index in [0.717, 1.165) is 29.7 Å². The van der Waals surface area contributed by atoms with Gasteiger partial charge in [0, 0.05) is 12.0 Å². The van der Waals surface area contributed by atoms with Crippen LogP contribution in [-0.4, -0.2) is 17.2 Å². The summed E-state index contributed by atoms with van der Waals surface area (Å²) in [5.41, 5.74) is 2.14. The van der Waals surface area contributed by atoms with Crippen LogP contribution in [0, 0.1) is 0 Å². The van der Waals surface area contributed by atoms with Gasteiger partial charge < -0.3 is 9.84 Å². The average molecular weight is 298 g/mol. The normalized spacial score (nSPS) is 11.9. The topological polar surface area (TPSA) is 46.5 Å². The fourth-order valence-electron chi connectivity index (χ4n) is 2.47. The Kier molecular flexibility index (Phi) is 6.01. The molecule has 0 aliphatic carbocycles. The molecule has 3 heteroatoms. The lowest BCUT2D eigenvalue weighted by Gasteiger charge is -2.20. The van der Waals surface area contributed by atoms with Gasteiger partial charge in [-0.1, -0.05) is 61.9 Å². The van der Waals surface area contributed by atoms with Crippen molar-refractivity contribution in [2.75, 3.05) is 0 Å². The van der Waals surface area contributed by atoms with E-state index in [-0.39, 0.29) is 12.5 Å². The maximum atomic E-state index is 10.8. The first-order chi connectivity index (χ1) is 10.7. The molecule has 1 unspecified atom stereocenters. The van der Waals surface area contributed by atoms with Crippen molar-refractivity contribution in [2.45, 2.75) is 38.7 Å². The van der Waals surface area contributed by atoms with Crippen LogP contribution in [0.5, 0.6) is 5.75 Å². The van der Waals surface area contributed by atoms with Gasteiger partial charge in [0.1, 0.15) is 5.75 Å². The molecule has 0 bridgehead atoms. The molecule has 2 aromatic rings. The van der Waals surface area contributed by atoms with Crippen LogP contribution in [0.2, 0.25) is 0 Å². The molecule has 3 nitrogen and oxygen atoms in total. The van der Waals surface area contributed by atoms with Crippen LogP contribution in [-0.2, 0) is 4.79 Å². The van der Waals surface area contributed by atoms with Crippen molar-refractivity contribution in [1.82, 2.24) is 0 Å². The molecule has 0 aromatic heterocycles. The fourth-order valence-corrected chi connectivity index (χ4v) is 2.47. The smallest absolute Gasteiger partial charge is 0.303 e. The highest BCUT2D eigenvalue weighted by molar-refractivity contribution is 5.70. The largest absolute Gasteiger partial charge is 0.490 e. The van der Waals surface area contributed by atoms with Crippen LogP contribution in [0.15, 0.2) is 54.6 Å². The second-order valence-corrected chi connectivity index (χ2v) is 5.32. The van der Waals surface area contributed by atoms with Crippen LogP contribution >= 0.6 is 0 Å². The van der Waals surface area contributed by atoms with Crippen molar-refractivity contribution in [2.24, 2.45) is 0 Å². The van der Waals surface area contributed by atoms with Gasteiger partial charge in [-0.25, -0.2) is 0 Å². The van der Waals surface area contributed by atoms with Gasteiger partial charge in [0.15, 0.2) is 0 Å². The third kappa shape index (κ3) is 4.62. The van der Waals surface area contributed by atoms with E-state index in [1.165, 1.54) is 0 Å². The second-order valence-electron chi connectivity index (χ2n) is 5.32. The summed E-state index contributed by atoms with van der Waals surface area (Å²) in [4.78, 5) is 10.8. The number of ether oxygens (including phenoxy) is 1. The summed E-state index contributed by atoms with van der Waals surface area (Å²) >= 11 is 0. The molecule has 2 rings (SSSR count). The Labute approximate surface area is 131 Å². The first kappa shape index (κ1) is 16.1. The van der Waals surface area contributed by atoms with Crippen molar-refractivity contribution in [3.05, 3.63) is 54.6 Å². The minimum absolute atomic E-state index is 0.0639. The molecule has 0 spiro atoms. The van der Waals surface area contributed by atoms with Gasteiger partial charge in [0.2, 0.25) is 0 Å². The van der Waals surface area contributed by atoms with Gasteiger partial charge in [-0.15, -0.1) is 0 Å². The predicted octanol–water partition coefficient (Wildman–Crippen LogP) is 4.77. The molecular formula is C19H22O3. The molecule has 0 saturated heterocycles. The van der Waals surface area contributed by atoms with Crippen molar-refractivity contribution < 1.29 is 14.6 Å². The van der Waals surface area contributed by atoms with Crippen LogP contribution in [0.4, 0.5) is 0 Å². The number of benzene rings is 2. The van der Waals surface area contributed by atoms with E-state index in [2.05, 4.69) is 6.92 Å². The number of rotatable bonds is 8. The molecule has 0 heterocycles. The zero-order valence-corrected chi connectivity index (χ0v) is 12.9. The molecule has 0 aliphatic heterocycles. The van der Waals surface area contributed by atoms with Gasteiger partial charge in [-0.05, 0) is 24.5 Å². The van der Waals surface area contributed by atoms with Crippen LogP contribution in [0.25, 0.3) is 11.1 Å². The number of carbonyl (C=O) groups is 1. The number of carboxylic acids is 1. The van der Waals surface area contributed by atoms with E-state index >= 15 is 0 Å². The number of hydrogen-bond acceptors (Lipinski definition) is 2. The van der Waals surface area contributed by atoms with Crippen molar-refractivity contribution in [1.29, 1.82) is 0 Å². The predicted molar refractivity (Wildman–Crippen MR) is 88.1 cm³/mol. The summed E-state index contributed by atoms with van der Waals surface area (Å²) in [6.45, 7) is 2.08. The summed E-state index contributed by atoms with van der Waals surface area (Å²) in [6.07, 6.45) is 2.43. The highest BCUT2D eigenvalue weighted by Crippen LogP contribution is 2.31. The first-order valence-corrected chi connectivity index (χ1v) is 7.73. The van der Waals surface area contributed by atoms with E-state index in [9.17, 15) is 4.79 Å². The molecular weight excluding hydrogens is 276 g/mol. The Balaban J connectivity index is 2.18. The molecule has 0 amide bonds. The molecule has 1 atom stereocenters. The van der Waals surface area contributed by atoms with Crippen LogP contribution in [0.3, 0.4) is 0 Å². The maximum absolute atomic E-state index is 10.8. The summed E-state index contributed by atoms with van der Waals surface area (Å²) < 4.78 is 6.13. The maximum Gasteiger partial charge on any atom is 0.303 e. The number of para-hydroxylation sites is 1. The minimum atomic E-state index is -0.777. The summed E-state index contributed by atoms with van der Waals surface area (Å²) in [5, 5.41) is 8.87. The standard InChI is InChI=1S/C19H22O3/c1-2-8-16(13-14-19(20)21)22-18-12-7-6-11-17(18)15-9-4-3-5-10-15/h3-7,9-12,16H,2,8,13-14H2,1H3,(H,20,21). The first-order valence-electron chi connectivity index (χ1n) is 7.73. The Bertz CT molecular complexity index is 593. The lowest BCUT2D eigenvalue weighted by molar-refractivity contribution is -0.137. The summed E-state index contributed by atoms with van der Waals surface area (Å²) in [5.74, 6) is 0.0404. The van der Waals surface area contributed by atoms with E-state index < -0.39 is 5.97 Å². The van der Waals surface area contributed by atoms with E-state index in [1.807, 2.05) is 54.6 Å². The van der Waals surface area contributed by atoms with Gasteiger partial charge in [0.25, 0.3) is 0 Å². The molecule has 0 aliphatic rings. The molecule has 1 N–H and O–H groups in total. The second kappa shape index (κ2) is 8.23. The lowest BCUT2D eigenvalue weighted by Crippen LogP contribution is -2.18. The highest BCUT2D eigenvalue weighted by atomic mass is 16.5. The van der Waals surface area contributed by atoms with Crippen LogP contribution < -0.4 is 4.74 Å². The molecule has 0 saturated carbocycles. The third-order valence-corrected chi connectivity index (χ3v) is 3.56. The Hall–Kier alpha value is -2.29. The molecule has 22 heavy (non-hydrogen) atoms. The van der Waals surface area contributed by atoms with Gasteiger partial charge in [-0.3, -0.25) is 4.79 Å². The molecule has 2 aromatic carbocycles. The van der Waals surface area contributed by atoms with Gasteiger partial charge in [0.05, 0.1) is 6.10 Å². The molecule has 0 radical (unpaired) electrons. The zero-order chi connectivity index (χ0) is 15.8. The van der Waals surface area contributed by atoms with E-state index in [0.29, 0.717) is 6.42 Å². The number of hydrogen-bond donors (Lipinski definition) is 1. The summed E-state index contributed by atoms with van der Waals surface area (Å²) in [6, 6.07) is 18.0. The minimum Gasteiger partial charge on any atom is -0.490 e. The van der Waals surface area contributed by atoms with Crippen molar-refractivity contribution in [3.63, 3.8) is 0 Å². The summed E-state index contributed by atoms with van der Waals surface area (Å²) in [7, 11) is 0. The van der Waals surface area contributed by atoms with Gasteiger partial charge >= 0.3 is 5.97 Å². The number of carboxylic acid groups (broad SMARTS) is 1. The Morgan fingerprint density at radius 1 is 1.05 bits per heavy atom. The van der Waals surface area contributed by atoms with E-state index in [1.54, 1.807) is 0 Å². The lowest BCUT2D eigenvalue weighted by atomic mass is 10.0. The third-order valence-electron chi connectivity index (χ3n) is 3.56. The van der Waals surface area contributed by atoms with Crippen molar-refractivity contribution >= 4 is 5.97 Å².